The number of carbonyl (C=O) groups excluding carboxylic acids is 1. The minimum atomic E-state index is -2.63. The van der Waals surface area contributed by atoms with Gasteiger partial charge in [0.2, 0.25) is 0 Å². The van der Waals surface area contributed by atoms with Gasteiger partial charge in [0, 0.05) is 18.6 Å². The second-order valence-electron chi connectivity index (χ2n) is 3.41. The average Bonchev–Trinajstić information content (AvgIpc) is 1.99. The van der Waals surface area contributed by atoms with Gasteiger partial charge >= 0.3 is 5.97 Å². The Hall–Kier alpha value is -0.320. The molecular formula is C8H12F2O2S. The van der Waals surface area contributed by atoms with Crippen LogP contribution in [-0.4, -0.2) is 23.7 Å². The number of thiol groups is 1. The van der Waals surface area contributed by atoms with Crippen LogP contribution in [0, 0.1) is 5.92 Å². The van der Waals surface area contributed by atoms with Crippen LogP contribution in [0.25, 0.3) is 0 Å². The molecule has 1 fully saturated rings. The van der Waals surface area contributed by atoms with Crippen molar-refractivity contribution in [2.45, 2.75) is 31.8 Å². The number of ether oxygens (including phenoxy) is 1. The molecule has 13 heavy (non-hydrogen) atoms. The molecule has 1 aliphatic carbocycles. The van der Waals surface area contributed by atoms with E-state index in [0.717, 1.165) is 0 Å². The highest BCUT2D eigenvalue weighted by Gasteiger charge is 2.47. The molecule has 0 radical (unpaired) electrons. The monoisotopic (exact) mass is 210 g/mol. The molecule has 1 rings (SSSR count). The first kappa shape index (κ1) is 10.8. The van der Waals surface area contributed by atoms with Gasteiger partial charge in [-0.05, 0) is 0 Å². The van der Waals surface area contributed by atoms with E-state index in [1.807, 2.05) is 0 Å². The summed E-state index contributed by atoms with van der Waals surface area (Å²) in [6, 6.07) is 0. The molecule has 0 aromatic carbocycles. The van der Waals surface area contributed by atoms with Crippen LogP contribution >= 0.6 is 12.6 Å². The van der Waals surface area contributed by atoms with Crippen LogP contribution in [0.1, 0.15) is 19.8 Å². The molecule has 1 aliphatic rings. The molecule has 1 saturated carbocycles. The van der Waals surface area contributed by atoms with Crippen LogP contribution in [-0.2, 0) is 9.53 Å². The summed E-state index contributed by atoms with van der Waals surface area (Å²) in [7, 11) is 0. The largest absolute Gasteiger partial charge is 0.462 e. The summed E-state index contributed by atoms with van der Waals surface area (Å²) in [4.78, 5) is 11.1. The summed E-state index contributed by atoms with van der Waals surface area (Å²) in [6.45, 7) is 1.66. The predicted molar refractivity (Wildman–Crippen MR) is 47.1 cm³/mol. The van der Waals surface area contributed by atoms with Crippen molar-refractivity contribution in [3.05, 3.63) is 0 Å². The maximum absolute atomic E-state index is 12.3. The fraction of sp³-hybridized carbons (Fsp3) is 0.875. The summed E-state index contributed by atoms with van der Waals surface area (Å²) < 4.78 is 29.4. The van der Waals surface area contributed by atoms with Crippen molar-refractivity contribution in [1.82, 2.24) is 0 Å². The molecule has 2 nitrogen and oxygen atoms in total. The van der Waals surface area contributed by atoms with Gasteiger partial charge in [-0.2, -0.15) is 12.6 Å². The van der Waals surface area contributed by atoms with Crippen LogP contribution in [0.2, 0.25) is 0 Å². The molecule has 0 saturated heterocycles. The van der Waals surface area contributed by atoms with E-state index in [9.17, 15) is 13.6 Å². The smallest absolute Gasteiger partial charge is 0.309 e. The van der Waals surface area contributed by atoms with E-state index in [0.29, 0.717) is 5.75 Å². The molecule has 0 amide bonds. The highest BCUT2D eigenvalue weighted by atomic mass is 32.1. The van der Waals surface area contributed by atoms with Crippen LogP contribution in [0.15, 0.2) is 0 Å². The van der Waals surface area contributed by atoms with Gasteiger partial charge in [-0.15, -0.1) is 0 Å². The summed E-state index contributed by atoms with van der Waals surface area (Å²) in [5, 5.41) is 0. The van der Waals surface area contributed by atoms with Gasteiger partial charge in [-0.3, -0.25) is 4.79 Å². The maximum atomic E-state index is 12.3. The van der Waals surface area contributed by atoms with Crippen molar-refractivity contribution in [2.75, 3.05) is 5.75 Å². The summed E-state index contributed by atoms with van der Waals surface area (Å²) in [5.41, 5.74) is 0. The molecular weight excluding hydrogens is 198 g/mol. The molecule has 0 N–H and O–H groups in total. The lowest BCUT2D eigenvalue weighted by atomic mass is 9.91. The first-order valence-corrected chi connectivity index (χ1v) is 4.77. The van der Waals surface area contributed by atoms with Gasteiger partial charge in [-0.1, -0.05) is 6.92 Å². The van der Waals surface area contributed by atoms with E-state index in [2.05, 4.69) is 12.6 Å². The van der Waals surface area contributed by atoms with Crippen LogP contribution in [0.3, 0.4) is 0 Å². The molecule has 5 heteroatoms. The van der Waals surface area contributed by atoms with Gasteiger partial charge in [0.1, 0.15) is 6.10 Å². The minimum absolute atomic E-state index is 0.322. The topological polar surface area (TPSA) is 26.3 Å². The number of carbonyl (C=O) groups is 1. The third-order valence-corrected chi connectivity index (χ3v) is 2.56. The number of hydrogen-bond donors (Lipinski definition) is 1. The van der Waals surface area contributed by atoms with E-state index in [1.54, 1.807) is 6.92 Å². The van der Waals surface area contributed by atoms with Gasteiger partial charge in [0.15, 0.2) is 0 Å². The minimum Gasteiger partial charge on any atom is -0.462 e. The van der Waals surface area contributed by atoms with Crippen LogP contribution < -0.4 is 0 Å². The standard InChI is InChI=1S/C8H12F2O2S/c1-5(4-13)7(11)12-6-2-8(9,10)3-6/h5-6,13H,2-4H2,1H3. The fourth-order valence-corrected chi connectivity index (χ4v) is 1.19. The van der Waals surface area contributed by atoms with Gasteiger partial charge in [-0.25, -0.2) is 8.78 Å². The number of hydrogen-bond acceptors (Lipinski definition) is 3. The van der Waals surface area contributed by atoms with Crippen molar-refractivity contribution >= 4 is 18.6 Å². The van der Waals surface area contributed by atoms with Crippen LogP contribution in [0.4, 0.5) is 8.78 Å². The summed E-state index contributed by atoms with van der Waals surface area (Å²) in [5.74, 6) is -3.01. The highest BCUT2D eigenvalue weighted by molar-refractivity contribution is 7.80. The average molecular weight is 210 g/mol. The Morgan fingerprint density at radius 3 is 2.62 bits per heavy atom. The fourth-order valence-electron chi connectivity index (χ4n) is 1.04. The van der Waals surface area contributed by atoms with Gasteiger partial charge < -0.3 is 4.74 Å². The van der Waals surface area contributed by atoms with Gasteiger partial charge in [0.25, 0.3) is 5.92 Å². The zero-order valence-electron chi connectivity index (χ0n) is 7.30. The number of halogens is 2. The molecule has 0 spiro atoms. The van der Waals surface area contributed by atoms with Crippen molar-refractivity contribution in [3.8, 4) is 0 Å². The molecule has 0 heterocycles. The molecule has 1 atom stereocenters. The summed E-state index contributed by atoms with van der Waals surface area (Å²) in [6.07, 6.45) is -1.26. The molecule has 0 aliphatic heterocycles. The zero-order chi connectivity index (χ0) is 10.1. The van der Waals surface area contributed by atoms with Gasteiger partial charge in [0.05, 0.1) is 5.92 Å². The number of rotatable bonds is 3. The molecule has 0 aromatic heterocycles. The van der Waals surface area contributed by atoms with Crippen molar-refractivity contribution in [1.29, 1.82) is 0 Å². The highest BCUT2D eigenvalue weighted by Crippen LogP contribution is 2.39. The van der Waals surface area contributed by atoms with E-state index in [1.165, 1.54) is 0 Å². The second kappa shape index (κ2) is 3.82. The molecule has 76 valence electrons. The van der Waals surface area contributed by atoms with E-state index in [4.69, 9.17) is 4.74 Å². The van der Waals surface area contributed by atoms with Crippen LogP contribution in [0.5, 0.6) is 0 Å². The Balaban J connectivity index is 2.24. The lowest BCUT2D eigenvalue weighted by Gasteiger charge is -2.34. The lowest BCUT2D eigenvalue weighted by Crippen LogP contribution is -2.43. The number of alkyl halides is 2. The van der Waals surface area contributed by atoms with Crippen molar-refractivity contribution in [2.24, 2.45) is 5.92 Å². The van der Waals surface area contributed by atoms with Crippen molar-refractivity contribution in [3.63, 3.8) is 0 Å². The first-order valence-electron chi connectivity index (χ1n) is 4.14. The van der Waals surface area contributed by atoms with Crippen molar-refractivity contribution < 1.29 is 18.3 Å². The van der Waals surface area contributed by atoms with E-state index in [-0.39, 0.29) is 18.8 Å². The van der Waals surface area contributed by atoms with E-state index < -0.39 is 18.0 Å². The quantitative estimate of drug-likeness (QED) is 0.568. The SMILES string of the molecule is CC(CS)C(=O)OC1CC(F)(F)C1. The number of esters is 1. The first-order chi connectivity index (χ1) is 5.94. The maximum Gasteiger partial charge on any atom is 0.309 e. The summed E-state index contributed by atoms with van der Waals surface area (Å²) >= 11 is 3.91. The zero-order valence-corrected chi connectivity index (χ0v) is 8.19. The molecule has 0 bridgehead atoms. The molecule has 1 unspecified atom stereocenters. The predicted octanol–water partition coefficient (Wildman–Crippen LogP) is 1.89. The van der Waals surface area contributed by atoms with E-state index >= 15 is 0 Å². The Kier molecular flexibility index (Phi) is 3.16. The third kappa shape index (κ3) is 2.83. The Morgan fingerprint density at radius 2 is 2.23 bits per heavy atom. The second-order valence-corrected chi connectivity index (χ2v) is 3.77. The Morgan fingerprint density at radius 1 is 1.69 bits per heavy atom. The Bertz CT molecular complexity index is 200. The lowest BCUT2D eigenvalue weighted by molar-refractivity contribution is -0.185. The Labute approximate surface area is 81.0 Å². The third-order valence-electron chi connectivity index (χ3n) is 2.01. The molecule has 0 aromatic rings. The normalized spacial score (nSPS) is 23.4.